The van der Waals surface area contributed by atoms with Crippen molar-refractivity contribution in [3.8, 4) is 0 Å². The monoisotopic (exact) mass is 279 g/mol. The summed E-state index contributed by atoms with van der Waals surface area (Å²) in [5.74, 6) is -0.845. The van der Waals surface area contributed by atoms with Crippen molar-refractivity contribution in [2.75, 3.05) is 11.9 Å². The summed E-state index contributed by atoms with van der Waals surface area (Å²) in [7, 11) is 0. The van der Waals surface area contributed by atoms with Crippen LogP contribution in [0.1, 0.15) is 25.8 Å². The Hall–Kier alpha value is -1.85. The molecule has 1 aromatic carbocycles. The Bertz CT molecular complexity index is 471. The minimum absolute atomic E-state index is 0.0337. The fourth-order valence-electron chi connectivity index (χ4n) is 1.85. The van der Waals surface area contributed by atoms with Gasteiger partial charge in [0.2, 0.25) is 6.41 Å². The minimum Gasteiger partial charge on any atom is -0.481 e. The van der Waals surface area contributed by atoms with Gasteiger partial charge in [0.15, 0.2) is 0 Å². The van der Waals surface area contributed by atoms with Crippen molar-refractivity contribution in [2.24, 2.45) is 0 Å². The molecule has 1 rings (SSSR count). The summed E-state index contributed by atoms with van der Waals surface area (Å²) < 4.78 is 5.02. The van der Waals surface area contributed by atoms with Crippen molar-refractivity contribution >= 4 is 11.7 Å². The molecule has 3 N–H and O–H groups in total. The van der Waals surface area contributed by atoms with Gasteiger partial charge in [0, 0.05) is 11.1 Å². The molecule has 1 aromatic rings. The van der Waals surface area contributed by atoms with Gasteiger partial charge in [0.1, 0.15) is 0 Å². The highest BCUT2D eigenvalue weighted by molar-refractivity contribution is 5.69. The Kier molecular flexibility index (Phi) is 5.73. The van der Waals surface area contributed by atoms with Gasteiger partial charge in [-0.3, -0.25) is 4.79 Å². The topological polar surface area (TPSA) is 78.8 Å². The number of aliphatic carboxylic acids is 1. The zero-order chi connectivity index (χ0) is 15.2. The first kappa shape index (κ1) is 16.2. The molecule has 0 bridgehead atoms. The van der Waals surface area contributed by atoms with Crippen LogP contribution in [0.2, 0.25) is 0 Å². The number of carbonyl (C=O) groups is 1. The highest BCUT2D eigenvalue weighted by Crippen LogP contribution is 2.28. The maximum Gasteiger partial charge on any atom is 0.304 e. The van der Waals surface area contributed by atoms with E-state index >= 15 is 0 Å². The molecule has 0 aromatic heterocycles. The van der Waals surface area contributed by atoms with Crippen LogP contribution in [0.25, 0.3) is 0 Å². The fraction of sp³-hybridized carbons (Fsp3) is 0.400. The molecule has 0 radical (unpaired) electrons. The number of aliphatic hydroxyl groups is 1. The summed E-state index contributed by atoms with van der Waals surface area (Å²) in [5.41, 5.74) is 1.05. The third-order valence-electron chi connectivity index (χ3n) is 2.90. The van der Waals surface area contributed by atoms with Crippen LogP contribution in [0, 0.1) is 0 Å². The number of anilines is 1. The van der Waals surface area contributed by atoms with E-state index in [1.165, 1.54) is 6.08 Å². The van der Waals surface area contributed by atoms with E-state index in [-0.39, 0.29) is 13.0 Å². The number of nitrogens with one attached hydrogen (secondary N) is 1. The molecule has 20 heavy (non-hydrogen) atoms. The van der Waals surface area contributed by atoms with E-state index < -0.39 is 17.8 Å². The third-order valence-corrected chi connectivity index (χ3v) is 2.90. The van der Waals surface area contributed by atoms with Gasteiger partial charge in [-0.05, 0) is 17.7 Å². The largest absolute Gasteiger partial charge is 0.481 e. The van der Waals surface area contributed by atoms with Gasteiger partial charge < -0.3 is 20.3 Å². The van der Waals surface area contributed by atoms with E-state index in [0.29, 0.717) is 5.69 Å². The highest BCUT2D eigenvalue weighted by atomic mass is 16.6. The van der Waals surface area contributed by atoms with Crippen molar-refractivity contribution in [1.82, 2.24) is 0 Å². The normalized spacial score (nSPS) is 12.8. The first-order valence-corrected chi connectivity index (χ1v) is 6.34. The Morgan fingerprint density at radius 3 is 2.85 bits per heavy atom. The van der Waals surface area contributed by atoms with Gasteiger partial charge in [0.25, 0.3) is 0 Å². The molecule has 5 nitrogen and oxygen atoms in total. The van der Waals surface area contributed by atoms with Crippen molar-refractivity contribution in [3.05, 3.63) is 42.5 Å². The number of rotatable bonds is 8. The maximum atomic E-state index is 10.9. The van der Waals surface area contributed by atoms with Crippen LogP contribution < -0.4 is 5.32 Å². The standard InChI is InChI=1S/C15H21NO4/c1-4-8-20-14(19)16-12-7-5-6-11(9-12)15(2,3)10-13(17)18/h4-7,9,14,16,19H,1,8,10H2,2-3H3,(H,17,18). The lowest BCUT2D eigenvalue weighted by Gasteiger charge is -2.24. The molecule has 1 unspecified atom stereocenters. The Morgan fingerprint density at radius 2 is 2.25 bits per heavy atom. The van der Waals surface area contributed by atoms with E-state index in [9.17, 15) is 9.90 Å². The molecule has 0 saturated heterocycles. The molecule has 0 saturated carbocycles. The second kappa shape index (κ2) is 7.07. The summed E-state index contributed by atoms with van der Waals surface area (Å²) >= 11 is 0. The van der Waals surface area contributed by atoms with E-state index in [1.54, 1.807) is 6.07 Å². The molecular formula is C15H21NO4. The average molecular weight is 279 g/mol. The molecule has 110 valence electrons. The van der Waals surface area contributed by atoms with E-state index in [4.69, 9.17) is 9.84 Å². The first-order valence-electron chi connectivity index (χ1n) is 6.34. The van der Waals surface area contributed by atoms with E-state index in [2.05, 4.69) is 11.9 Å². The van der Waals surface area contributed by atoms with Crippen LogP contribution in [0.5, 0.6) is 0 Å². The summed E-state index contributed by atoms with van der Waals surface area (Å²) in [6, 6.07) is 7.26. The predicted molar refractivity (Wildman–Crippen MR) is 77.5 cm³/mol. The summed E-state index contributed by atoms with van der Waals surface area (Å²) in [4.78, 5) is 10.9. The summed E-state index contributed by atoms with van der Waals surface area (Å²) in [5, 5.41) is 21.3. The van der Waals surface area contributed by atoms with Crippen LogP contribution in [0.15, 0.2) is 36.9 Å². The molecular weight excluding hydrogens is 258 g/mol. The van der Waals surface area contributed by atoms with Gasteiger partial charge in [-0.2, -0.15) is 0 Å². The highest BCUT2D eigenvalue weighted by Gasteiger charge is 2.24. The van der Waals surface area contributed by atoms with E-state index in [1.807, 2.05) is 32.0 Å². The summed E-state index contributed by atoms with van der Waals surface area (Å²) in [6.07, 6.45) is 0.439. The van der Waals surface area contributed by atoms with Crippen molar-refractivity contribution in [3.63, 3.8) is 0 Å². The number of carboxylic acid groups (broad SMARTS) is 1. The zero-order valence-corrected chi connectivity index (χ0v) is 11.8. The van der Waals surface area contributed by atoms with Crippen molar-refractivity contribution in [2.45, 2.75) is 32.1 Å². The first-order chi connectivity index (χ1) is 9.35. The van der Waals surface area contributed by atoms with Crippen LogP contribution in [0.3, 0.4) is 0 Å². The molecule has 0 spiro atoms. The average Bonchev–Trinajstić information content (AvgIpc) is 2.35. The quantitative estimate of drug-likeness (QED) is 0.503. The van der Waals surface area contributed by atoms with Crippen LogP contribution in [-0.4, -0.2) is 29.2 Å². The van der Waals surface area contributed by atoms with Gasteiger partial charge in [-0.25, -0.2) is 0 Å². The number of aliphatic hydroxyl groups excluding tert-OH is 1. The number of hydrogen-bond acceptors (Lipinski definition) is 4. The molecule has 1 atom stereocenters. The number of ether oxygens (including phenoxy) is 1. The van der Waals surface area contributed by atoms with Gasteiger partial charge in [-0.15, -0.1) is 6.58 Å². The Labute approximate surface area is 118 Å². The molecule has 0 aliphatic carbocycles. The third kappa shape index (κ3) is 5.03. The second-order valence-corrected chi connectivity index (χ2v) is 5.15. The number of benzene rings is 1. The zero-order valence-electron chi connectivity index (χ0n) is 11.8. The Morgan fingerprint density at radius 1 is 1.55 bits per heavy atom. The van der Waals surface area contributed by atoms with Gasteiger partial charge in [-0.1, -0.05) is 32.1 Å². The lowest BCUT2D eigenvalue weighted by Crippen LogP contribution is -2.24. The SMILES string of the molecule is C=CCOC(O)Nc1cccc(C(C)(C)CC(=O)O)c1. The van der Waals surface area contributed by atoms with Crippen LogP contribution in [-0.2, 0) is 14.9 Å². The Balaban J connectivity index is 2.79. The smallest absolute Gasteiger partial charge is 0.304 e. The van der Waals surface area contributed by atoms with Gasteiger partial charge in [0.05, 0.1) is 13.0 Å². The molecule has 0 aliphatic heterocycles. The lowest BCUT2D eigenvalue weighted by molar-refractivity contribution is -0.138. The molecule has 5 heteroatoms. The maximum absolute atomic E-state index is 10.9. The second-order valence-electron chi connectivity index (χ2n) is 5.15. The summed E-state index contributed by atoms with van der Waals surface area (Å²) in [6.45, 7) is 7.46. The number of carboxylic acids is 1. The van der Waals surface area contributed by atoms with Crippen LogP contribution >= 0.6 is 0 Å². The molecule has 0 fully saturated rings. The van der Waals surface area contributed by atoms with Gasteiger partial charge >= 0.3 is 5.97 Å². The van der Waals surface area contributed by atoms with Crippen molar-refractivity contribution < 1.29 is 19.7 Å². The van der Waals surface area contributed by atoms with Crippen LogP contribution in [0.4, 0.5) is 5.69 Å². The molecule has 0 amide bonds. The molecule has 0 heterocycles. The molecule has 0 aliphatic rings. The number of hydrogen-bond donors (Lipinski definition) is 3. The minimum atomic E-state index is -1.13. The van der Waals surface area contributed by atoms with E-state index in [0.717, 1.165) is 5.56 Å². The van der Waals surface area contributed by atoms with Crippen molar-refractivity contribution in [1.29, 1.82) is 0 Å². The fourth-order valence-corrected chi connectivity index (χ4v) is 1.85. The lowest BCUT2D eigenvalue weighted by atomic mass is 9.81. The predicted octanol–water partition coefficient (Wildman–Crippen LogP) is 2.33.